The number of furan rings is 1. The van der Waals surface area contributed by atoms with Crippen LogP contribution in [0.5, 0.6) is 0 Å². The fourth-order valence-corrected chi connectivity index (χ4v) is 2.60. The van der Waals surface area contributed by atoms with Gasteiger partial charge in [-0.1, -0.05) is 24.3 Å². The number of nitrogens with one attached hydrogen (secondary N) is 1. The van der Waals surface area contributed by atoms with E-state index in [1.165, 1.54) is 30.4 Å². The second-order valence-corrected chi connectivity index (χ2v) is 4.60. The van der Waals surface area contributed by atoms with Crippen LogP contribution in [-0.4, -0.2) is 0 Å². The summed E-state index contributed by atoms with van der Waals surface area (Å²) in [6.45, 7) is 0.812. The molecule has 88 valence electrons. The van der Waals surface area contributed by atoms with Crippen LogP contribution in [0.2, 0.25) is 0 Å². The summed E-state index contributed by atoms with van der Waals surface area (Å²) in [5, 5.41) is 3.59. The maximum Gasteiger partial charge on any atom is 0.117 e. The molecule has 0 amide bonds. The van der Waals surface area contributed by atoms with Crippen molar-refractivity contribution in [2.24, 2.45) is 0 Å². The van der Waals surface area contributed by atoms with E-state index in [2.05, 4.69) is 29.6 Å². The van der Waals surface area contributed by atoms with Crippen LogP contribution in [0.15, 0.2) is 47.1 Å². The van der Waals surface area contributed by atoms with Crippen molar-refractivity contribution in [1.82, 2.24) is 5.32 Å². The van der Waals surface area contributed by atoms with E-state index in [0.717, 1.165) is 12.3 Å². The van der Waals surface area contributed by atoms with Crippen molar-refractivity contribution >= 4 is 0 Å². The number of rotatable bonds is 3. The van der Waals surface area contributed by atoms with E-state index in [1.54, 1.807) is 6.26 Å². The summed E-state index contributed by atoms with van der Waals surface area (Å²) in [5.41, 5.74) is 2.96. The third-order valence-corrected chi connectivity index (χ3v) is 3.47. The molecule has 1 unspecified atom stereocenters. The van der Waals surface area contributed by atoms with E-state index in [9.17, 15) is 0 Å². The fourth-order valence-electron chi connectivity index (χ4n) is 2.60. The average molecular weight is 227 g/mol. The molecular formula is C15H17NO. The molecule has 1 heterocycles. The van der Waals surface area contributed by atoms with Gasteiger partial charge in [0.15, 0.2) is 0 Å². The molecule has 2 nitrogen and oxygen atoms in total. The predicted octanol–water partition coefficient (Wildman–Crippen LogP) is 3.45. The van der Waals surface area contributed by atoms with Crippen LogP contribution in [0, 0.1) is 0 Å². The Balaban J connectivity index is 1.72. The smallest absolute Gasteiger partial charge is 0.117 e. The monoisotopic (exact) mass is 227 g/mol. The molecule has 0 saturated heterocycles. The minimum Gasteiger partial charge on any atom is -0.468 e. The first-order valence-electron chi connectivity index (χ1n) is 6.27. The summed E-state index contributed by atoms with van der Waals surface area (Å²) in [4.78, 5) is 0. The summed E-state index contributed by atoms with van der Waals surface area (Å²) in [6.07, 6.45) is 5.44. The molecule has 0 radical (unpaired) electrons. The molecule has 3 rings (SSSR count). The minimum absolute atomic E-state index is 0.477. The number of benzene rings is 1. The van der Waals surface area contributed by atoms with E-state index in [1.807, 2.05) is 12.1 Å². The van der Waals surface area contributed by atoms with Crippen LogP contribution >= 0.6 is 0 Å². The summed E-state index contributed by atoms with van der Waals surface area (Å²) < 4.78 is 5.35. The lowest BCUT2D eigenvalue weighted by molar-refractivity contribution is 0.417. The Morgan fingerprint density at radius 2 is 2.12 bits per heavy atom. The number of hydrogen-bond donors (Lipinski definition) is 1. The lowest BCUT2D eigenvalue weighted by Crippen LogP contribution is -2.24. The van der Waals surface area contributed by atoms with Gasteiger partial charge in [-0.15, -0.1) is 0 Å². The van der Waals surface area contributed by atoms with Crippen LogP contribution in [0.25, 0.3) is 0 Å². The molecule has 1 N–H and O–H groups in total. The zero-order valence-corrected chi connectivity index (χ0v) is 9.86. The Hall–Kier alpha value is -1.54. The summed E-state index contributed by atoms with van der Waals surface area (Å²) >= 11 is 0. The van der Waals surface area contributed by atoms with Gasteiger partial charge in [0, 0.05) is 6.04 Å². The first kappa shape index (κ1) is 10.6. The quantitative estimate of drug-likeness (QED) is 0.868. The normalized spacial score (nSPS) is 18.9. The topological polar surface area (TPSA) is 25.2 Å². The zero-order valence-electron chi connectivity index (χ0n) is 9.86. The second kappa shape index (κ2) is 4.76. The summed E-state index contributed by atoms with van der Waals surface area (Å²) in [5.74, 6) is 1.01. The highest BCUT2D eigenvalue weighted by Crippen LogP contribution is 2.29. The Bertz CT molecular complexity index is 475. The van der Waals surface area contributed by atoms with E-state index in [-0.39, 0.29) is 0 Å². The van der Waals surface area contributed by atoms with Gasteiger partial charge in [0.25, 0.3) is 0 Å². The van der Waals surface area contributed by atoms with Crippen LogP contribution in [0.4, 0.5) is 0 Å². The summed E-state index contributed by atoms with van der Waals surface area (Å²) in [7, 11) is 0. The number of fused-ring (bicyclic) bond motifs is 1. The molecule has 17 heavy (non-hydrogen) atoms. The lowest BCUT2D eigenvalue weighted by atomic mass is 9.88. The van der Waals surface area contributed by atoms with Crippen molar-refractivity contribution < 1.29 is 4.42 Å². The Kier molecular flexibility index (Phi) is 2.97. The fraction of sp³-hybridized carbons (Fsp3) is 0.333. The largest absolute Gasteiger partial charge is 0.468 e. The van der Waals surface area contributed by atoms with Gasteiger partial charge in [-0.05, 0) is 42.5 Å². The minimum atomic E-state index is 0.477. The molecule has 1 aromatic carbocycles. The van der Waals surface area contributed by atoms with Crippen molar-refractivity contribution in [3.05, 3.63) is 59.5 Å². The average Bonchev–Trinajstić information content (AvgIpc) is 2.89. The third-order valence-electron chi connectivity index (χ3n) is 3.47. The highest BCUT2D eigenvalue weighted by molar-refractivity contribution is 5.32. The van der Waals surface area contributed by atoms with Crippen molar-refractivity contribution in [2.45, 2.75) is 31.8 Å². The Labute approximate surface area is 102 Å². The molecule has 1 aromatic heterocycles. The van der Waals surface area contributed by atoms with Gasteiger partial charge in [-0.25, -0.2) is 0 Å². The highest BCUT2D eigenvalue weighted by Gasteiger charge is 2.19. The molecule has 1 aliphatic carbocycles. The lowest BCUT2D eigenvalue weighted by Gasteiger charge is -2.26. The summed E-state index contributed by atoms with van der Waals surface area (Å²) in [6, 6.07) is 13.2. The van der Waals surface area contributed by atoms with Crippen molar-refractivity contribution in [3.8, 4) is 0 Å². The van der Waals surface area contributed by atoms with E-state index < -0.39 is 0 Å². The van der Waals surface area contributed by atoms with Crippen LogP contribution in [0.3, 0.4) is 0 Å². The van der Waals surface area contributed by atoms with E-state index in [4.69, 9.17) is 4.42 Å². The van der Waals surface area contributed by atoms with Crippen LogP contribution < -0.4 is 5.32 Å². The van der Waals surface area contributed by atoms with Crippen LogP contribution in [-0.2, 0) is 13.0 Å². The second-order valence-electron chi connectivity index (χ2n) is 4.60. The molecule has 0 fully saturated rings. The first-order chi connectivity index (χ1) is 8.43. The molecule has 0 bridgehead atoms. The zero-order chi connectivity index (χ0) is 11.5. The van der Waals surface area contributed by atoms with Crippen molar-refractivity contribution in [3.63, 3.8) is 0 Å². The Morgan fingerprint density at radius 3 is 3.00 bits per heavy atom. The molecule has 2 aromatic rings. The van der Waals surface area contributed by atoms with Crippen molar-refractivity contribution in [2.75, 3.05) is 0 Å². The van der Waals surface area contributed by atoms with Gasteiger partial charge in [0.2, 0.25) is 0 Å². The van der Waals surface area contributed by atoms with Gasteiger partial charge < -0.3 is 9.73 Å². The standard InChI is InChI=1S/C15H17NO/c1-2-8-14-12(5-1)6-3-9-15(14)16-11-13-7-4-10-17-13/h1-2,4-5,7-8,10,15-16H,3,6,9,11H2. The van der Waals surface area contributed by atoms with E-state index in [0.29, 0.717) is 6.04 Å². The molecule has 1 atom stereocenters. The molecule has 0 spiro atoms. The van der Waals surface area contributed by atoms with Gasteiger partial charge in [-0.3, -0.25) is 0 Å². The highest BCUT2D eigenvalue weighted by atomic mass is 16.3. The van der Waals surface area contributed by atoms with Gasteiger partial charge in [0.1, 0.15) is 5.76 Å². The number of aryl methyl sites for hydroxylation is 1. The predicted molar refractivity (Wildman–Crippen MR) is 67.7 cm³/mol. The molecule has 0 aliphatic heterocycles. The maximum absolute atomic E-state index is 5.35. The van der Waals surface area contributed by atoms with Gasteiger partial charge in [0.05, 0.1) is 12.8 Å². The molecular weight excluding hydrogens is 210 g/mol. The molecule has 2 heteroatoms. The van der Waals surface area contributed by atoms with Crippen LogP contribution in [0.1, 0.15) is 35.8 Å². The van der Waals surface area contributed by atoms with Crippen molar-refractivity contribution in [1.29, 1.82) is 0 Å². The third kappa shape index (κ3) is 2.27. The van der Waals surface area contributed by atoms with Gasteiger partial charge in [-0.2, -0.15) is 0 Å². The molecule has 0 saturated carbocycles. The SMILES string of the molecule is c1coc(CNC2CCCc3ccccc32)c1. The first-order valence-corrected chi connectivity index (χ1v) is 6.27. The molecule has 1 aliphatic rings. The number of hydrogen-bond acceptors (Lipinski definition) is 2. The Morgan fingerprint density at radius 1 is 1.18 bits per heavy atom. The van der Waals surface area contributed by atoms with E-state index >= 15 is 0 Å². The maximum atomic E-state index is 5.35. The van der Waals surface area contributed by atoms with Gasteiger partial charge >= 0.3 is 0 Å².